The SMILES string of the molecule is CNCC(C)C(=O)N(C)Cc1ccccc1OC(F)(F)F.Cl. The van der Waals surface area contributed by atoms with Crippen molar-refractivity contribution in [2.24, 2.45) is 5.92 Å². The average molecular weight is 341 g/mol. The van der Waals surface area contributed by atoms with Crippen LogP contribution in [-0.4, -0.2) is 37.8 Å². The first-order chi connectivity index (χ1) is 9.74. The van der Waals surface area contributed by atoms with E-state index in [1.54, 1.807) is 27.1 Å². The van der Waals surface area contributed by atoms with Crippen LogP contribution in [0.4, 0.5) is 13.2 Å². The highest BCUT2D eigenvalue weighted by Crippen LogP contribution is 2.27. The summed E-state index contributed by atoms with van der Waals surface area (Å²) in [5.41, 5.74) is 0.308. The lowest BCUT2D eigenvalue weighted by atomic mass is 10.1. The largest absolute Gasteiger partial charge is 0.573 e. The summed E-state index contributed by atoms with van der Waals surface area (Å²) in [5.74, 6) is -0.687. The number of amides is 1. The van der Waals surface area contributed by atoms with Crippen molar-refractivity contribution in [3.63, 3.8) is 0 Å². The Morgan fingerprint density at radius 1 is 1.36 bits per heavy atom. The van der Waals surface area contributed by atoms with Crippen molar-refractivity contribution in [2.45, 2.75) is 19.8 Å². The Labute approximate surface area is 134 Å². The summed E-state index contributed by atoms with van der Waals surface area (Å²) in [6.07, 6.45) is -4.75. The number of rotatable bonds is 6. The van der Waals surface area contributed by atoms with E-state index in [-0.39, 0.29) is 36.5 Å². The van der Waals surface area contributed by atoms with Crippen LogP contribution in [0.15, 0.2) is 24.3 Å². The van der Waals surface area contributed by atoms with Gasteiger partial charge in [-0.3, -0.25) is 4.79 Å². The molecule has 1 N–H and O–H groups in total. The van der Waals surface area contributed by atoms with Crippen LogP contribution in [0.3, 0.4) is 0 Å². The van der Waals surface area contributed by atoms with Gasteiger partial charge in [0.25, 0.3) is 0 Å². The van der Waals surface area contributed by atoms with E-state index in [1.807, 2.05) is 0 Å². The van der Waals surface area contributed by atoms with Gasteiger partial charge in [0.05, 0.1) is 0 Å². The van der Waals surface area contributed by atoms with Gasteiger partial charge in [0, 0.05) is 31.6 Å². The third-order valence-electron chi connectivity index (χ3n) is 2.91. The van der Waals surface area contributed by atoms with Gasteiger partial charge in [0.15, 0.2) is 0 Å². The molecule has 8 heteroatoms. The molecule has 0 spiro atoms. The zero-order valence-corrected chi connectivity index (χ0v) is 13.4. The standard InChI is InChI=1S/C14H19F3N2O2.ClH/c1-10(8-18-2)13(20)19(3)9-11-6-4-5-7-12(11)21-14(15,16)17;/h4-7,10,18H,8-9H2,1-3H3;1H. The van der Waals surface area contributed by atoms with Crippen LogP contribution in [-0.2, 0) is 11.3 Å². The second-order valence-corrected chi connectivity index (χ2v) is 4.81. The van der Waals surface area contributed by atoms with E-state index < -0.39 is 6.36 Å². The Morgan fingerprint density at radius 3 is 2.50 bits per heavy atom. The molecule has 1 atom stereocenters. The lowest BCUT2D eigenvalue weighted by molar-refractivity contribution is -0.275. The van der Waals surface area contributed by atoms with E-state index in [0.717, 1.165) is 0 Å². The molecule has 22 heavy (non-hydrogen) atoms. The van der Waals surface area contributed by atoms with Gasteiger partial charge >= 0.3 is 6.36 Å². The molecule has 1 amide bonds. The fraction of sp³-hybridized carbons (Fsp3) is 0.500. The molecule has 1 aromatic carbocycles. The molecule has 0 aliphatic heterocycles. The topological polar surface area (TPSA) is 41.6 Å². The number of nitrogens with zero attached hydrogens (tertiary/aromatic N) is 1. The van der Waals surface area contributed by atoms with E-state index in [0.29, 0.717) is 12.1 Å². The molecule has 0 fully saturated rings. The van der Waals surface area contributed by atoms with Gasteiger partial charge in [0.1, 0.15) is 5.75 Å². The summed E-state index contributed by atoms with van der Waals surface area (Å²) in [5, 5.41) is 2.89. The summed E-state index contributed by atoms with van der Waals surface area (Å²) in [6.45, 7) is 2.32. The summed E-state index contributed by atoms with van der Waals surface area (Å²) in [4.78, 5) is 13.4. The minimum Gasteiger partial charge on any atom is -0.405 e. The molecule has 0 aliphatic rings. The molecular formula is C14H20ClF3N2O2. The number of halogens is 4. The quantitative estimate of drug-likeness (QED) is 0.866. The average Bonchev–Trinajstić information content (AvgIpc) is 2.38. The van der Waals surface area contributed by atoms with Gasteiger partial charge in [-0.2, -0.15) is 0 Å². The van der Waals surface area contributed by atoms with Gasteiger partial charge in [-0.15, -0.1) is 25.6 Å². The molecule has 0 saturated carbocycles. The second kappa shape index (κ2) is 8.85. The van der Waals surface area contributed by atoms with Gasteiger partial charge in [0.2, 0.25) is 5.91 Å². The van der Waals surface area contributed by atoms with E-state index in [9.17, 15) is 18.0 Å². The maximum absolute atomic E-state index is 12.3. The fourth-order valence-electron chi connectivity index (χ4n) is 1.96. The van der Waals surface area contributed by atoms with Crippen molar-refractivity contribution < 1.29 is 22.7 Å². The van der Waals surface area contributed by atoms with Crippen LogP contribution in [0.25, 0.3) is 0 Å². The third-order valence-corrected chi connectivity index (χ3v) is 2.91. The Balaban J connectivity index is 0.00000441. The second-order valence-electron chi connectivity index (χ2n) is 4.81. The van der Waals surface area contributed by atoms with E-state index in [4.69, 9.17) is 0 Å². The van der Waals surface area contributed by atoms with E-state index in [1.165, 1.54) is 23.1 Å². The first kappa shape index (κ1) is 20.5. The third kappa shape index (κ3) is 6.53. The zero-order chi connectivity index (χ0) is 16.0. The number of alkyl halides is 3. The predicted octanol–water partition coefficient (Wildman–Crippen LogP) is 2.82. The maximum atomic E-state index is 12.3. The normalized spacial score (nSPS) is 12.3. The Morgan fingerprint density at radius 2 is 1.95 bits per heavy atom. The number of nitrogens with one attached hydrogen (secondary N) is 1. The lowest BCUT2D eigenvalue weighted by Gasteiger charge is -2.22. The first-order valence-corrected chi connectivity index (χ1v) is 6.48. The molecule has 0 aromatic heterocycles. The highest BCUT2D eigenvalue weighted by Gasteiger charge is 2.32. The Hall–Kier alpha value is -1.47. The highest BCUT2D eigenvalue weighted by molar-refractivity contribution is 5.85. The van der Waals surface area contributed by atoms with E-state index in [2.05, 4.69) is 10.1 Å². The van der Waals surface area contributed by atoms with Gasteiger partial charge in [-0.05, 0) is 13.1 Å². The number of para-hydroxylation sites is 1. The molecule has 1 rings (SSSR count). The molecule has 4 nitrogen and oxygen atoms in total. The van der Waals surface area contributed by atoms with Crippen LogP contribution in [0.5, 0.6) is 5.75 Å². The maximum Gasteiger partial charge on any atom is 0.573 e. The fourth-order valence-corrected chi connectivity index (χ4v) is 1.96. The Bertz CT molecular complexity index is 483. The molecule has 1 unspecified atom stereocenters. The minimum atomic E-state index is -4.75. The molecule has 0 heterocycles. The number of hydrogen-bond donors (Lipinski definition) is 1. The number of carbonyl (C=O) groups excluding carboxylic acids is 1. The van der Waals surface area contributed by atoms with Crippen LogP contribution in [0.1, 0.15) is 12.5 Å². The minimum absolute atomic E-state index is 0. The Kier molecular flexibility index (Phi) is 8.26. The van der Waals surface area contributed by atoms with Crippen LogP contribution in [0.2, 0.25) is 0 Å². The van der Waals surface area contributed by atoms with Crippen molar-refractivity contribution in [2.75, 3.05) is 20.6 Å². The lowest BCUT2D eigenvalue weighted by Crippen LogP contribution is -2.35. The molecule has 126 valence electrons. The van der Waals surface area contributed by atoms with Crippen LogP contribution in [0, 0.1) is 5.92 Å². The number of ether oxygens (including phenoxy) is 1. The molecule has 0 aliphatic carbocycles. The van der Waals surface area contributed by atoms with E-state index >= 15 is 0 Å². The van der Waals surface area contributed by atoms with Crippen LogP contribution >= 0.6 is 12.4 Å². The zero-order valence-electron chi connectivity index (χ0n) is 12.6. The van der Waals surface area contributed by atoms with Crippen LogP contribution < -0.4 is 10.1 Å². The monoisotopic (exact) mass is 340 g/mol. The number of carbonyl (C=O) groups is 1. The molecular weight excluding hydrogens is 321 g/mol. The van der Waals surface area contributed by atoms with Crippen molar-refractivity contribution in [3.8, 4) is 5.75 Å². The molecule has 0 radical (unpaired) electrons. The number of benzene rings is 1. The highest BCUT2D eigenvalue weighted by atomic mass is 35.5. The van der Waals surface area contributed by atoms with Gasteiger partial charge < -0.3 is 15.0 Å². The summed E-state index contributed by atoms with van der Waals surface area (Å²) >= 11 is 0. The van der Waals surface area contributed by atoms with Crippen molar-refractivity contribution in [3.05, 3.63) is 29.8 Å². The molecule has 0 bridgehead atoms. The van der Waals surface area contributed by atoms with Gasteiger partial charge in [-0.25, -0.2) is 0 Å². The van der Waals surface area contributed by atoms with Crippen molar-refractivity contribution in [1.82, 2.24) is 10.2 Å². The summed E-state index contributed by atoms with van der Waals surface area (Å²) in [6, 6.07) is 5.80. The van der Waals surface area contributed by atoms with Gasteiger partial charge in [-0.1, -0.05) is 25.1 Å². The smallest absolute Gasteiger partial charge is 0.405 e. The predicted molar refractivity (Wildman–Crippen MR) is 79.9 cm³/mol. The number of hydrogen-bond acceptors (Lipinski definition) is 3. The first-order valence-electron chi connectivity index (χ1n) is 6.48. The van der Waals surface area contributed by atoms with Crippen molar-refractivity contribution in [1.29, 1.82) is 0 Å². The molecule has 1 aromatic rings. The summed E-state index contributed by atoms with van der Waals surface area (Å²) in [7, 11) is 3.29. The van der Waals surface area contributed by atoms with Crippen molar-refractivity contribution >= 4 is 18.3 Å². The summed E-state index contributed by atoms with van der Waals surface area (Å²) < 4.78 is 41.0. The molecule has 0 saturated heterocycles.